The molecule has 0 aliphatic carbocycles. The summed E-state index contributed by atoms with van der Waals surface area (Å²) in [5.74, 6) is 0.844. The van der Waals surface area contributed by atoms with Crippen molar-refractivity contribution in [2.24, 2.45) is 7.05 Å². The predicted molar refractivity (Wildman–Crippen MR) is 48.1 cm³/mol. The maximum Gasteiger partial charge on any atom is 0.313 e. The topological polar surface area (TPSA) is 29.7 Å². The van der Waals surface area contributed by atoms with E-state index in [-0.39, 0.29) is 0 Å². The minimum Gasteiger partial charge on any atom is -0.129 e. The first-order valence-electron chi connectivity index (χ1n) is 3.70. The molecule has 0 saturated carbocycles. The number of nitrogens with zero attached hydrogens (tertiary/aromatic N) is 3. The Labute approximate surface area is 72.3 Å². The Kier molecular flexibility index (Phi) is 1.88. The third kappa shape index (κ3) is 1.36. The smallest absolute Gasteiger partial charge is 0.129 e. The number of hydrogen-bond acceptors (Lipinski definition) is 2. The average Bonchev–Trinajstić information content (AvgIpc) is 2.54. The Bertz CT molecular complexity index is 369. The van der Waals surface area contributed by atoms with Crippen LogP contribution < -0.4 is 4.44 Å². The monoisotopic (exact) mass is 178 g/mol. The molecule has 1 unspecified atom stereocenters. The van der Waals surface area contributed by atoms with E-state index in [1.807, 2.05) is 41.8 Å². The fraction of sp³-hybridized carbons (Fsp3) is 0.125. The second kappa shape index (κ2) is 3.03. The van der Waals surface area contributed by atoms with Crippen LogP contribution >= 0.6 is 8.51 Å². The molecule has 1 aromatic carbocycles. The van der Waals surface area contributed by atoms with Gasteiger partial charge in [-0.05, 0) is 22.0 Å². The summed E-state index contributed by atoms with van der Waals surface area (Å²) in [4.78, 5) is 0. The molecule has 0 N–H and O–H groups in total. The number of rotatable bonds is 1. The molecule has 2 rings (SSSR count). The van der Waals surface area contributed by atoms with Gasteiger partial charge in [0.05, 0.1) is 0 Å². The van der Waals surface area contributed by atoms with Crippen molar-refractivity contribution in [1.82, 2.24) is 9.85 Å². The quantitative estimate of drug-likeness (QED) is 0.652. The van der Waals surface area contributed by atoms with E-state index in [0.717, 1.165) is 11.4 Å². The fourth-order valence-corrected chi connectivity index (χ4v) is 1.57. The van der Waals surface area contributed by atoms with E-state index < -0.39 is 0 Å². The minimum absolute atomic E-state index is 0.443. The van der Waals surface area contributed by atoms with Crippen molar-refractivity contribution < 1.29 is 4.44 Å². The van der Waals surface area contributed by atoms with Crippen LogP contribution in [0.15, 0.2) is 30.3 Å². The van der Waals surface area contributed by atoms with E-state index in [4.69, 9.17) is 0 Å². The largest absolute Gasteiger partial charge is 0.313 e. The number of benzene rings is 1. The van der Waals surface area contributed by atoms with Gasteiger partial charge in [-0.3, -0.25) is 0 Å². The van der Waals surface area contributed by atoms with E-state index in [1.54, 1.807) is 0 Å². The molecule has 0 spiro atoms. The van der Waals surface area contributed by atoms with Gasteiger partial charge in [0.2, 0.25) is 0 Å². The van der Waals surface area contributed by atoms with Gasteiger partial charge in [0.25, 0.3) is 8.51 Å². The molecule has 1 heterocycles. The van der Waals surface area contributed by atoms with Crippen LogP contribution in [-0.4, -0.2) is 9.85 Å². The molecule has 0 aliphatic heterocycles. The van der Waals surface area contributed by atoms with Crippen LogP contribution in [0.4, 0.5) is 0 Å². The van der Waals surface area contributed by atoms with E-state index in [9.17, 15) is 0 Å². The van der Waals surface area contributed by atoms with Crippen molar-refractivity contribution in [1.29, 1.82) is 0 Å². The van der Waals surface area contributed by atoms with Crippen molar-refractivity contribution in [3.63, 3.8) is 0 Å². The summed E-state index contributed by atoms with van der Waals surface area (Å²) in [6.45, 7) is 0. The van der Waals surface area contributed by atoms with Crippen LogP contribution in [0.5, 0.6) is 0 Å². The fourth-order valence-electron chi connectivity index (χ4n) is 1.02. The Hall–Kier alpha value is -1.21. The van der Waals surface area contributed by atoms with Gasteiger partial charge in [-0.2, -0.15) is 0 Å². The van der Waals surface area contributed by atoms with Gasteiger partial charge in [0.1, 0.15) is 7.05 Å². The van der Waals surface area contributed by atoms with Gasteiger partial charge in [0, 0.05) is 5.56 Å². The highest BCUT2D eigenvalue weighted by Gasteiger charge is 2.08. The normalized spacial score (nSPS) is 10.8. The molecule has 4 heteroatoms. The zero-order valence-electron chi connectivity index (χ0n) is 6.73. The first kappa shape index (κ1) is 7.44. The Balaban J connectivity index is 2.45. The van der Waals surface area contributed by atoms with Crippen LogP contribution in [0.1, 0.15) is 0 Å². The van der Waals surface area contributed by atoms with Crippen LogP contribution in [0.2, 0.25) is 0 Å². The van der Waals surface area contributed by atoms with E-state index in [0.29, 0.717) is 8.51 Å². The summed E-state index contributed by atoms with van der Waals surface area (Å²) in [6, 6.07) is 10.0. The van der Waals surface area contributed by atoms with Gasteiger partial charge in [-0.25, -0.2) is 0 Å². The minimum atomic E-state index is 0.443. The molecule has 2 aromatic rings. The standard InChI is InChI=1S/C8H9N3P/c1-11-9-8(10-12-11)7-5-3-2-4-6-7/h2-6,12H,1H3/q+1. The number of hydrogen-bond donors (Lipinski definition) is 0. The van der Waals surface area contributed by atoms with Crippen molar-refractivity contribution in [3.8, 4) is 11.4 Å². The first-order chi connectivity index (χ1) is 5.86. The van der Waals surface area contributed by atoms with Gasteiger partial charge in [-0.15, -0.1) is 4.44 Å². The lowest BCUT2D eigenvalue weighted by molar-refractivity contribution is -0.660. The van der Waals surface area contributed by atoms with E-state index >= 15 is 0 Å². The molecule has 0 amide bonds. The molecule has 0 aliphatic rings. The SMILES string of the molecule is C[n+]1nc(-c2ccccc2)n[pH]1. The Morgan fingerprint density at radius 2 is 2.00 bits per heavy atom. The predicted octanol–water partition coefficient (Wildman–Crippen LogP) is 0.999. The molecular weight excluding hydrogens is 169 g/mol. The Morgan fingerprint density at radius 3 is 2.58 bits per heavy atom. The zero-order valence-corrected chi connectivity index (χ0v) is 7.73. The summed E-state index contributed by atoms with van der Waals surface area (Å²) in [7, 11) is 2.37. The maximum atomic E-state index is 4.29. The molecule has 1 aromatic heterocycles. The van der Waals surface area contributed by atoms with Crippen LogP contribution in [0.25, 0.3) is 11.4 Å². The molecule has 12 heavy (non-hydrogen) atoms. The molecule has 1 atom stereocenters. The molecular formula is C8H9N3P+. The first-order valence-corrected chi connectivity index (χ1v) is 4.60. The highest BCUT2D eigenvalue weighted by atomic mass is 31.1. The average molecular weight is 178 g/mol. The number of aromatic nitrogens is 3. The van der Waals surface area contributed by atoms with Crippen molar-refractivity contribution in [2.45, 2.75) is 0 Å². The van der Waals surface area contributed by atoms with Gasteiger partial charge in [-0.1, -0.05) is 18.2 Å². The summed E-state index contributed by atoms with van der Waals surface area (Å²) in [5.41, 5.74) is 1.09. The van der Waals surface area contributed by atoms with Crippen LogP contribution in [0, 0.1) is 0 Å². The van der Waals surface area contributed by atoms with Crippen molar-refractivity contribution >= 4 is 8.51 Å². The zero-order chi connectivity index (χ0) is 8.39. The lowest BCUT2D eigenvalue weighted by Gasteiger charge is -1.86. The van der Waals surface area contributed by atoms with Gasteiger partial charge in [0.15, 0.2) is 0 Å². The van der Waals surface area contributed by atoms with E-state index in [2.05, 4.69) is 9.85 Å². The van der Waals surface area contributed by atoms with Crippen molar-refractivity contribution in [3.05, 3.63) is 30.3 Å². The summed E-state index contributed by atoms with van der Waals surface area (Å²) in [5, 5.41) is 4.25. The summed E-state index contributed by atoms with van der Waals surface area (Å²) in [6.07, 6.45) is 0. The van der Waals surface area contributed by atoms with E-state index in [1.165, 1.54) is 0 Å². The molecule has 0 radical (unpaired) electrons. The molecule has 0 saturated heterocycles. The third-order valence-corrected chi connectivity index (χ3v) is 2.28. The highest BCUT2D eigenvalue weighted by Crippen LogP contribution is 2.12. The lowest BCUT2D eigenvalue weighted by atomic mass is 10.2. The third-order valence-electron chi connectivity index (χ3n) is 1.58. The molecule has 0 fully saturated rings. The molecule has 0 bridgehead atoms. The maximum absolute atomic E-state index is 4.29. The summed E-state index contributed by atoms with van der Waals surface area (Å²) >= 11 is 0. The Morgan fingerprint density at radius 1 is 1.25 bits per heavy atom. The van der Waals surface area contributed by atoms with Crippen molar-refractivity contribution in [2.75, 3.05) is 0 Å². The molecule has 3 nitrogen and oxygen atoms in total. The van der Waals surface area contributed by atoms with Crippen LogP contribution in [0.3, 0.4) is 0 Å². The highest BCUT2D eigenvalue weighted by molar-refractivity contribution is 7.16. The lowest BCUT2D eigenvalue weighted by Crippen LogP contribution is -2.24. The molecule has 60 valence electrons. The van der Waals surface area contributed by atoms with Crippen LogP contribution in [-0.2, 0) is 7.05 Å². The number of aryl methyl sites for hydroxylation is 1. The second-order valence-electron chi connectivity index (χ2n) is 2.53. The van der Waals surface area contributed by atoms with Gasteiger partial charge >= 0.3 is 5.82 Å². The second-order valence-corrected chi connectivity index (χ2v) is 3.60. The van der Waals surface area contributed by atoms with Gasteiger partial charge < -0.3 is 0 Å². The summed E-state index contributed by atoms with van der Waals surface area (Å²) < 4.78 is 6.14.